The topological polar surface area (TPSA) is 3.24 Å². The number of hydrogen-bond donors (Lipinski definition) is 0. The monoisotopic (exact) mass is 915 g/mol. The number of anilines is 3. The van der Waals surface area contributed by atoms with E-state index in [1.165, 1.54) is 88.7 Å². The van der Waals surface area contributed by atoms with E-state index in [-0.39, 0.29) is 0 Å². The molecule has 0 N–H and O–H groups in total. The highest BCUT2D eigenvalue weighted by Gasteiger charge is 2.46. The molecule has 72 heavy (non-hydrogen) atoms. The highest BCUT2D eigenvalue weighted by molar-refractivity contribution is 5.98. The van der Waals surface area contributed by atoms with E-state index in [0.717, 1.165) is 28.2 Å². The summed E-state index contributed by atoms with van der Waals surface area (Å²) < 4.78 is 0. The molecule has 1 heteroatoms. The van der Waals surface area contributed by atoms with Crippen LogP contribution in [0.2, 0.25) is 0 Å². The first-order valence-electron chi connectivity index (χ1n) is 24.9. The van der Waals surface area contributed by atoms with E-state index in [1.54, 1.807) is 0 Å². The van der Waals surface area contributed by atoms with E-state index < -0.39 is 5.41 Å². The molecule has 0 atom stereocenters. The van der Waals surface area contributed by atoms with Crippen molar-refractivity contribution in [2.45, 2.75) is 5.41 Å². The fourth-order valence-corrected chi connectivity index (χ4v) is 11.5. The summed E-state index contributed by atoms with van der Waals surface area (Å²) in [6.45, 7) is 0. The lowest BCUT2D eigenvalue weighted by Gasteiger charge is -2.34. The van der Waals surface area contributed by atoms with Gasteiger partial charge in [0.05, 0.1) is 11.1 Å². The maximum absolute atomic E-state index is 2.42. The lowest BCUT2D eigenvalue weighted by molar-refractivity contribution is 0.768. The van der Waals surface area contributed by atoms with Gasteiger partial charge in [0, 0.05) is 16.9 Å². The minimum absolute atomic E-state index is 0.465. The smallest absolute Gasteiger partial charge is 0.0713 e. The normalized spacial score (nSPS) is 12.3. The van der Waals surface area contributed by atoms with Crippen molar-refractivity contribution in [1.82, 2.24) is 0 Å². The van der Waals surface area contributed by atoms with E-state index in [2.05, 4.69) is 302 Å². The van der Waals surface area contributed by atoms with Crippen LogP contribution in [0.4, 0.5) is 17.1 Å². The van der Waals surface area contributed by atoms with Crippen molar-refractivity contribution in [2.75, 3.05) is 4.90 Å². The van der Waals surface area contributed by atoms with Crippen molar-refractivity contribution in [3.63, 3.8) is 0 Å². The molecule has 0 heterocycles. The summed E-state index contributed by atoms with van der Waals surface area (Å²) in [6, 6.07) is 109. The van der Waals surface area contributed by atoms with Crippen LogP contribution < -0.4 is 4.90 Å². The number of hydrogen-bond acceptors (Lipinski definition) is 1. The Balaban J connectivity index is 0.930. The first-order valence-corrected chi connectivity index (χ1v) is 24.9. The van der Waals surface area contributed by atoms with Crippen molar-refractivity contribution in [2.24, 2.45) is 0 Å². The van der Waals surface area contributed by atoms with Crippen molar-refractivity contribution in [3.8, 4) is 66.8 Å². The molecule has 0 bridgehead atoms. The predicted octanol–water partition coefficient (Wildman–Crippen LogP) is 19.0. The molecule has 0 aliphatic heterocycles. The number of rotatable bonds is 10. The molecular formula is C71H49N. The summed E-state index contributed by atoms with van der Waals surface area (Å²) in [5.74, 6) is 0. The standard InChI is InChI=1S/C71H49N/c1-4-19-50(20-5-1)56-23-16-24-57(49-56)51-41-45-60(46-42-51)72(69-36-15-13-30-64(69)54-39-37-53(38-40-54)63-32-17-22-52-21-10-11-29-62(52)63)61-47-43-55(44-48-61)65-33-18-35-68-70(65)66-31-12-14-34-67(66)71(68,58-25-6-2-7-26-58)59-27-8-3-9-28-59/h1-49H. The minimum Gasteiger partial charge on any atom is -0.310 e. The zero-order chi connectivity index (χ0) is 47.8. The van der Waals surface area contributed by atoms with Gasteiger partial charge in [0.15, 0.2) is 0 Å². The lowest BCUT2D eigenvalue weighted by atomic mass is 9.67. The minimum atomic E-state index is -0.465. The lowest BCUT2D eigenvalue weighted by Crippen LogP contribution is -2.28. The Morgan fingerprint density at radius 3 is 1.35 bits per heavy atom. The van der Waals surface area contributed by atoms with Crippen molar-refractivity contribution >= 4 is 27.8 Å². The molecule has 0 unspecified atom stereocenters. The fraction of sp³-hybridized carbons (Fsp3) is 0.0141. The van der Waals surface area contributed by atoms with Gasteiger partial charge in [-0.3, -0.25) is 0 Å². The van der Waals surface area contributed by atoms with Crippen LogP contribution in [-0.4, -0.2) is 0 Å². The van der Waals surface area contributed by atoms with E-state index in [1.807, 2.05) is 0 Å². The van der Waals surface area contributed by atoms with Crippen molar-refractivity contribution in [3.05, 3.63) is 320 Å². The van der Waals surface area contributed by atoms with E-state index in [9.17, 15) is 0 Å². The second kappa shape index (κ2) is 18.2. The van der Waals surface area contributed by atoms with Gasteiger partial charge >= 0.3 is 0 Å². The fourth-order valence-electron chi connectivity index (χ4n) is 11.5. The first kappa shape index (κ1) is 42.8. The molecule has 12 aromatic carbocycles. The van der Waals surface area contributed by atoms with Crippen LogP contribution in [0.15, 0.2) is 297 Å². The molecule has 0 amide bonds. The molecular weight excluding hydrogens is 867 g/mol. The molecule has 0 saturated carbocycles. The zero-order valence-electron chi connectivity index (χ0n) is 39.7. The third-order valence-corrected chi connectivity index (χ3v) is 14.8. The second-order valence-electron chi connectivity index (χ2n) is 18.8. The zero-order valence-corrected chi connectivity index (χ0v) is 39.7. The van der Waals surface area contributed by atoms with Crippen molar-refractivity contribution < 1.29 is 0 Å². The molecule has 0 aromatic heterocycles. The number of fused-ring (bicyclic) bond motifs is 4. The van der Waals surface area contributed by atoms with Gasteiger partial charge in [0.2, 0.25) is 0 Å². The average Bonchev–Trinajstić information content (AvgIpc) is 3.78. The molecule has 13 rings (SSSR count). The van der Waals surface area contributed by atoms with E-state index in [0.29, 0.717) is 0 Å². The van der Waals surface area contributed by atoms with Gasteiger partial charge in [-0.15, -0.1) is 0 Å². The number of nitrogens with zero attached hydrogens (tertiary/aromatic N) is 1. The largest absolute Gasteiger partial charge is 0.310 e. The molecule has 12 aromatic rings. The summed E-state index contributed by atoms with van der Waals surface area (Å²) >= 11 is 0. The van der Waals surface area contributed by atoms with Crippen molar-refractivity contribution in [1.29, 1.82) is 0 Å². The highest BCUT2D eigenvalue weighted by atomic mass is 15.1. The van der Waals surface area contributed by atoms with E-state index in [4.69, 9.17) is 0 Å². The van der Waals surface area contributed by atoms with Crippen LogP contribution in [-0.2, 0) is 5.41 Å². The van der Waals surface area contributed by atoms with Gasteiger partial charge < -0.3 is 4.90 Å². The third kappa shape index (κ3) is 7.34. The third-order valence-electron chi connectivity index (χ3n) is 14.8. The SMILES string of the molecule is c1ccc(-c2cccc(-c3ccc(N(c4ccc(-c5cccc6c5-c5ccccc5C6(c5ccccc5)c5ccccc5)cc4)c4ccccc4-c4ccc(-c5cccc6ccccc56)cc4)cc3)c2)cc1. The summed E-state index contributed by atoms with van der Waals surface area (Å²) in [7, 11) is 0. The Morgan fingerprint density at radius 2 is 0.667 bits per heavy atom. The number of benzene rings is 12. The van der Waals surface area contributed by atoms with Crippen LogP contribution in [0.5, 0.6) is 0 Å². The first-order chi connectivity index (χ1) is 35.7. The van der Waals surface area contributed by atoms with Gasteiger partial charge in [-0.05, 0) is 131 Å². The highest BCUT2D eigenvalue weighted by Crippen LogP contribution is 2.58. The van der Waals surface area contributed by atoms with Gasteiger partial charge in [-0.1, -0.05) is 261 Å². The summed E-state index contributed by atoms with van der Waals surface area (Å²) in [5.41, 5.74) is 22.4. The molecule has 1 aliphatic rings. The molecule has 1 aliphatic carbocycles. The Hall–Kier alpha value is -9.30. The summed E-state index contributed by atoms with van der Waals surface area (Å²) in [6.07, 6.45) is 0. The molecule has 0 radical (unpaired) electrons. The van der Waals surface area contributed by atoms with Crippen LogP contribution in [0.25, 0.3) is 77.5 Å². The maximum Gasteiger partial charge on any atom is 0.0713 e. The molecule has 0 spiro atoms. The average molecular weight is 916 g/mol. The Bertz CT molecular complexity index is 3830. The Labute approximate surface area is 422 Å². The van der Waals surface area contributed by atoms with Gasteiger partial charge in [-0.25, -0.2) is 0 Å². The van der Waals surface area contributed by atoms with Crippen LogP contribution in [0.3, 0.4) is 0 Å². The molecule has 338 valence electrons. The van der Waals surface area contributed by atoms with Gasteiger partial charge in [0.1, 0.15) is 0 Å². The molecule has 0 fully saturated rings. The summed E-state index contributed by atoms with van der Waals surface area (Å²) in [4.78, 5) is 2.42. The van der Waals surface area contributed by atoms with Gasteiger partial charge in [-0.2, -0.15) is 0 Å². The second-order valence-corrected chi connectivity index (χ2v) is 18.8. The number of para-hydroxylation sites is 1. The van der Waals surface area contributed by atoms with Crippen LogP contribution in [0, 0.1) is 0 Å². The Morgan fingerprint density at radius 1 is 0.250 bits per heavy atom. The molecule has 1 nitrogen and oxygen atoms in total. The van der Waals surface area contributed by atoms with Crippen LogP contribution in [0.1, 0.15) is 22.3 Å². The van der Waals surface area contributed by atoms with E-state index >= 15 is 0 Å². The maximum atomic E-state index is 2.42. The van der Waals surface area contributed by atoms with Gasteiger partial charge in [0.25, 0.3) is 0 Å². The molecule has 0 saturated heterocycles. The quantitative estimate of drug-likeness (QED) is 0.132. The predicted molar refractivity (Wildman–Crippen MR) is 303 cm³/mol. The summed E-state index contributed by atoms with van der Waals surface area (Å²) in [5, 5.41) is 2.50. The Kier molecular flexibility index (Phi) is 10.8. The van der Waals surface area contributed by atoms with Crippen LogP contribution >= 0.6 is 0 Å².